The van der Waals surface area contributed by atoms with Gasteiger partial charge in [0.1, 0.15) is 17.2 Å². The Morgan fingerprint density at radius 2 is 1.56 bits per heavy atom. The second-order valence-electron chi connectivity index (χ2n) is 10.7. The minimum Gasteiger partial charge on any atom is -0.458 e. The summed E-state index contributed by atoms with van der Waals surface area (Å²) < 4.78 is 11.8. The number of esters is 1. The molecule has 1 aromatic heterocycles. The molecular weight excluding hydrogens is 550 g/mol. The molecule has 0 aliphatic rings. The van der Waals surface area contributed by atoms with Gasteiger partial charge in [0.05, 0.1) is 12.6 Å². The fraction of sp³-hybridized carbons (Fsp3) is 0.344. The lowest BCUT2D eigenvalue weighted by Gasteiger charge is -2.25. The number of amides is 2. The van der Waals surface area contributed by atoms with Crippen LogP contribution in [0.4, 0.5) is 4.79 Å². The van der Waals surface area contributed by atoms with Crippen molar-refractivity contribution >= 4 is 23.9 Å². The highest BCUT2D eigenvalue weighted by molar-refractivity contribution is 5.96. The van der Waals surface area contributed by atoms with E-state index < -0.39 is 41.2 Å². The van der Waals surface area contributed by atoms with Gasteiger partial charge in [0.25, 0.3) is 11.5 Å². The summed E-state index contributed by atoms with van der Waals surface area (Å²) in [4.78, 5) is 55.8. The van der Waals surface area contributed by atoms with Gasteiger partial charge in [-0.1, -0.05) is 60.7 Å². The van der Waals surface area contributed by atoms with Crippen molar-refractivity contribution in [3.05, 3.63) is 106 Å². The van der Waals surface area contributed by atoms with Crippen LogP contribution in [-0.4, -0.2) is 53.3 Å². The molecule has 11 heteroatoms. The predicted octanol–water partition coefficient (Wildman–Crippen LogP) is 3.77. The van der Waals surface area contributed by atoms with Crippen molar-refractivity contribution in [2.75, 3.05) is 13.2 Å². The summed E-state index contributed by atoms with van der Waals surface area (Å²) in [6.07, 6.45) is 1.38. The molecule has 0 radical (unpaired) electrons. The molecule has 0 aliphatic carbocycles. The lowest BCUT2D eigenvalue weighted by Crippen LogP contribution is -2.46. The van der Waals surface area contributed by atoms with Crippen LogP contribution < -0.4 is 21.9 Å². The zero-order valence-electron chi connectivity index (χ0n) is 24.9. The summed E-state index contributed by atoms with van der Waals surface area (Å²) in [6, 6.07) is 20.6. The molecule has 228 valence electrons. The second-order valence-corrected chi connectivity index (χ2v) is 10.7. The summed E-state index contributed by atoms with van der Waals surface area (Å²) in [6.45, 7) is 7.16. The maximum Gasteiger partial charge on any atom is 0.413 e. The Balaban J connectivity index is 1.84. The number of nitrogens with zero attached hydrogens (tertiary/aromatic N) is 2. The minimum atomic E-state index is -1.06. The zero-order valence-corrected chi connectivity index (χ0v) is 24.9. The fourth-order valence-electron chi connectivity index (χ4n) is 4.33. The van der Waals surface area contributed by atoms with Gasteiger partial charge in [-0.25, -0.2) is 9.59 Å². The van der Waals surface area contributed by atoms with Crippen LogP contribution in [0.25, 0.3) is 0 Å². The van der Waals surface area contributed by atoms with E-state index in [1.807, 2.05) is 60.7 Å². The molecule has 2 amide bonds. The van der Waals surface area contributed by atoms with Gasteiger partial charge in [-0.3, -0.25) is 19.9 Å². The molecule has 0 aliphatic heterocycles. The molecule has 4 N–H and O–H groups in total. The molecule has 1 atom stereocenters. The molecule has 43 heavy (non-hydrogen) atoms. The van der Waals surface area contributed by atoms with Crippen LogP contribution >= 0.6 is 0 Å². The molecule has 3 rings (SSSR count). The Bertz CT molecular complexity index is 1430. The maximum absolute atomic E-state index is 13.8. The van der Waals surface area contributed by atoms with E-state index in [1.165, 1.54) is 10.6 Å². The number of carbonyl (C=O) groups excluding carboxylic acids is 3. The highest BCUT2D eigenvalue weighted by atomic mass is 16.6. The highest BCUT2D eigenvalue weighted by Gasteiger charge is 2.28. The van der Waals surface area contributed by atoms with E-state index in [-0.39, 0.29) is 31.1 Å². The topological polar surface area (TPSA) is 154 Å². The molecule has 0 saturated carbocycles. The van der Waals surface area contributed by atoms with Crippen LogP contribution in [0.3, 0.4) is 0 Å². The smallest absolute Gasteiger partial charge is 0.413 e. The van der Waals surface area contributed by atoms with Crippen LogP contribution in [0.1, 0.15) is 68.1 Å². The number of pyridine rings is 1. The van der Waals surface area contributed by atoms with Crippen molar-refractivity contribution < 1.29 is 23.9 Å². The lowest BCUT2D eigenvalue weighted by atomic mass is 9.98. The first-order chi connectivity index (χ1) is 20.5. The van der Waals surface area contributed by atoms with E-state index >= 15 is 0 Å². The zero-order chi connectivity index (χ0) is 31.4. The molecule has 3 aromatic rings. The Morgan fingerprint density at radius 3 is 2.12 bits per heavy atom. The molecule has 0 spiro atoms. The van der Waals surface area contributed by atoms with Crippen molar-refractivity contribution in [3.63, 3.8) is 0 Å². The van der Waals surface area contributed by atoms with Gasteiger partial charge in [-0.2, -0.15) is 0 Å². The number of hydrogen-bond donors (Lipinski definition) is 3. The molecule has 1 heterocycles. The standard InChI is InChI=1S/C32H39N5O6/c1-5-42-31(41)36-30(33)34-20-12-19-25(29(40)43-32(2,3)4)35-27(38)24-18-13-21-37(28(24)39)26(22-14-8-6-9-15-22)23-16-10-7-11-17-23/h6-11,13-18,21,25-26H,5,12,19-20H2,1-4H3,(H,35,38)(H3,33,34,36,41)/t25-/m0/s1. The van der Waals surface area contributed by atoms with Crippen LogP contribution in [0.5, 0.6) is 0 Å². The Kier molecular flexibility index (Phi) is 11.6. The quantitative estimate of drug-likeness (QED) is 0.133. The summed E-state index contributed by atoms with van der Waals surface area (Å²) in [5.41, 5.74) is 6.02. The summed E-state index contributed by atoms with van der Waals surface area (Å²) in [5, 5.41) is 4.97. The number of benzene rings is 2. The van der Waals surface area contributed by atoms with Crippen molar-refractivity contribution in [1.29, 1.82) is 0 Å². The Morgan fingerprint density at radius 1 is 0.953 bits per heavy atom. The molecule has 0 bridgehead atoms. The van der Waals surface area contributed by atoms with E-state index in [9.17, 15) is 19.2 Å². The Labute approximate surface area is 251 Å². The number of rotatable bonds is 11. The molecule has 2 aromatic carbocycles. The number of aliphatic imine (C=N–C) groups is 1. The first-order valence-electron chi connectivity index (χ1n) is 14.1. The number of nitrogens with two attached hydrogens (primary N) is 1. The van der Waals surface area contributed by atoms with Gasteiger partial charge in [-0.05, 0) is 63.8 Å². The van der Waals surface area contributed by atoms with E-state index in [0.29, 0.717) is 6.42 Å². The number of guanidine groups is 1. The third-order valence-electron chi connectivity index (χ3n) is 6.16. The Hall–Kier alpha value is -4.93. The van der Waals surface area contributed by atoms with Crippen LogP contribution in [0.2, 0.25) is 0 Å². The lowest BCUT2D eigenvalue weighted by molar-refractivity contribution is -0.157. The number of ether oxygens (including phenoxy) is 2. The van der Waals surface area contributed by atoms with Gasteiger partial charge < -0.3 is 25.1 Å². The third-order valence-corrected chi connectivity index (χ3v) is 6.16. The largest absolute Gasteiger partial charge is 0.458 e. The second kappa shape index (κ2) is 15.3. The van der Waals surface area contributed by atoms with Gasteiger partial charge in [0.15, 0.2) is 5.96 Å². The first-order valence-corrected chi connectivity index (χ1v) is 14.1. The monoisotopic (exact) mass is 589 g/mol. The van der Waals surface area contributed by atoms with Gasteiger partial charge in [0, 0.05) is 12.7 Å². The predicted molar refractivity (Wildman–Crippen MR) is 164 cm³/mol. The van der Waals surface area contributed by atoms with Crippen molar-refractivity contribution in [3.8, 4) is 0 Å². The van der Waals surface area contributed by atoms with Gasteiger partial charge in [0.2, 0.25) is 0 Å². The van der Waals surface area contributed by atoms with Crippen molar-refractivity contribution in [2.45, 2.75) is 58.2 Å². The van der Waals surface area contributed by atoms with Gasteiger partial charge >= 0.3 is 12.1 Å². The summed E-state index contributed by atoms with van der Waals surface area (Å²) >= 11 is 0. The van der Waals surface area contributed by atoms with Crippen LogP contribution in [0, 0.1) is 0 Å². The van der Waals surface area contributed by atoms with E-state index in [4.69, 9.17) is 15.2 Å². The number of aromatic nitrogens is 1. The van der Waals surface area contributed by atoms with Crippen molar-refractivity contribution in [2.24, 2.45) is 10.7 Å². The van der Waals surface area contributed by atoms with Crippen LogP contribution in [0.15, 0.2) is 88.8 Å². The maximum atomic E-state index is 13.8. The number of nitrogens with one attached hydrogen (secondary N) is 2. The van der Waals surface area contributed by atoms with E-state index in [0.717, 1.165) is 11.1 Å². The highest BCUT2D eigenvalue weighted by Crippen LogP contribution is 2.25. The number of hydrogen-bond acceptors (Lipinski definition) is 7. The molecule has 0 unspecified atom stereocenters. The van der Waals surface area contributed by atoms with Gasteiger partial charge in [-0.15, -0.1) is 0 Å². The molecular formula is C32H39N5O6. The van der Waals surface area contributed by atoms with Crippen LogP contribution in [-0.2, 0) is 14.3 Å². The molecule has 11 nitrogen and oxygen atoms in total. The summed E-state index contributed by atoms with van der Waals surface area (Å²) in [7, 11) is 0. The number of alkyl carbamates (subject to hydrolysis) is 1. The van der Waals surface area contributed by atoms with E-state index in [2.05, 4.69) is 15.6 Å². The summed E-state index contributed by atoms with van der Waals surface area (Å²) in [5.74, 6) is -1.49. The van der Waals surface area contributed by atoms with E-state index in [1.54, 1.807) is 40.0 Å². The number of carbonyl (C=O) groups is 3. The molecule has 0 saturated heterocycles. The minimum absolute atomic E-state index is 0.117. The average Bonchev–Trinajstić information content (AvgIpc) is 2.96. The third kappa shape index (κ3) is 9.84. The molecule has 0 fully saturated rings. The first kappa shape index (κ1) is 32.6. The normalized spacial score (nSPS) is 12.3. The van der Waals surface area contributed by atoms with Crippen molar-refractivity contribution in [1.82, 2.24) is 15.2 Å². The SMILES string of the molecule is CCOC(=O)NC(N)=NCCC[C@H](NC(=O)c1cccn(C(c2ccccc2)c2ccccc2)c1=O)C(=O)OC(C)(C)C. The fourth-order valence-corrected chi connectivity index (χ4v) is 4.33. The average molecular weight is 590 g/mol.